The molecule has 0 saturated carbocycles. The molecule has 1 atom stereocenters. The van der Waals surface area contributed by atoms with Gasteiger partial charge < -0.3 is 4.90 Å². The van der Waals surface area contributed by atoms with Crippen LogP contribution in [0.3, 0.4) is 0 Å². The van der Waals surface area contributed by atoms with Crippen molar-refractivity contribution in [2.45, 2.75) is 24.8 Å². The molecule has 33 heavy (non-hydrogen) atoms. The standard InChI is InChI=1S/C25H21ClN2O4S/c1-2-17-10-12-20(13-11-17)28-23(29)16-33(31,32)25(28)21-8-3-4-9-22(21)27(24(25)30)15-18-6-5-7-19(26)14-18/h3-14H,2,15-16H2,1H3/t25-/m1/s1. The zero-order chi connectivity index (χ0) is 23.4. The van der Waals surface area contributed by atoms with E-state index < -0.39 is 32.3 Å². The average molecular weight is 481 g/mol. The second kappa shape index (κ2) is 7.71. The molecule has 1 fully saturated rings. The van der Waals surface area contributed by atoms with E-state index in [1.807, 2.05) is 25.1 Å². The second-order valence-corrected chi connectivity index (χ2v) is 10.7. The number of sulfone groups is 1. The molecule has 2 aliphatic heterocycles. The van der Waals surface area contributed by atoms with Gasteiger partial charge in [-0.25, -0.2) is 8.42 Å². The third-order valence-corrected chi connectivity index (χ3v) is 8.59. The zero-order valence-corrected chi connectivity index (χ0v) is 19.4. The van der Waals surface area contributed by atoms with E-state index >= 15 is 0 Å². The summed E-state index contributed by atoms with van der Waals surface area (Å²) in [6.45, 7) is 2.14. The lowest BCUT2D eigenvalue weighted by Crippen LogP contribution is -2.54. The molecule has 168 valence electrons. The Morgan fingerprint density at radius 1 is 0.939 bits per heavy atom. The maximum atomic E-state index is 14.1. The Labute approximate surface area is 197 Å². The minimum absolute atomic E-state index is 0.129. The number of hydrogen-bond acceptors (Lipinski definition) is 4. The number of fused-ring (bicyclic) bond motifs is 2. The Kier molecular flexibility index (Phi) is 5.06. The topological polar surface area (TPSA) is 74.8 Å². The maximum Gasteiger partial charge on any atom is 0.274 e. The van der Waals surface area contributed by atoms with Crippen molar-refractivity contribution in [3.63, 3.8) is 0 Å². The lowest BCUT2D eigenvalue weighted by Gasteiger charge is -2.32. The first-order valence-electron chi connectivity index (χ1n) is 10.6. The number of halogens is 1. The summed E-state index contributed by atoms with van der Waals surface area (Å²) in [5.41, 5.74) is 2.94. The zero-order valence-electron chi connectivity index (χ0n) is 17.9. The summed E-state index contributed by atoms with van der Waals surface area (Å²) in [6.07, 6.45) is 0.798. The fourth-order valence-electron chi connectivity index (χ4n) is 4.75. The number of nitrogens with zero attached hydrogens (tertiary/aromatic N) is 2. The van der Waals surface area contributed by atoms with Gasteiger partial charge in [0.2, 0.25) is 5.91 Å². The highest BCUT2D eigenvalue weighted by Gasteiger charge is 2.69. The third kappa shape index (κ3) is 3.10. The molecule has 0 N–H and O–H groups in total. The summed E-state index contributed by atoms with van der Waals surface area (Å²) >= 11 is 6.13. The smallest absolute Gasteiger partial charge is 0.274 e. The van der Waals surface area contributed by atoms with E-state index in [1.54, 1.807) is 54.6 Å². The van der Waals surface area contributed by atoms with E-state index in [9.17, 15) is 18.0 Å². The summed E-state index contributed by atoms with van der Waals surface area (Å²) in [4.78, 5) is 27.7. The Balaban J connectivity index is 1.71. The van der Waals surface area contributed by atoms with Crippen LogP contribution in [-0.2, 0) is 37.3 Å². The molecular weight excluding hydrogens is 460 g/mol. The molecule has 0 radical (unpaired) electrons. The molecule has 2 aliphatic rings. The van der Waals surface area contributed by atoms with Crippen molar-refractivity contribution in [2.24, 2.45) is 0 Å². The summed E-state index contributed by atoms with van der Waals surface area (Å²) in [7, 11) is -4.19. The molecule has 8 heteroatoms. The van der Waals surface area contributed by atoms with Crippen LogP contribution in [0.5, 0.6) is 0 Å². The molecule has 2 amide bonds. The third-order valence-electron chi connectivity index (χ3n) is 6.26. The van der Waals surface area contributed by atoms with E-state index in [4.69, 9.17) is 11.6 Å². The Morgan fingerprint density at radius 2 is 1.67 bits per heavy atom. The predicted molar refractivity (Wildman–Crippen MR) is 128 cm³/mol. The van der Waals surface area contributed by atoms with E-state index in [1.165, 1.54) is 9.80 Å². The van der Waals surface area contributed by atoms with E-state index in [2.05, 4.69) is 0 Å². The summed E-state index contributed by atoms with van der Waals surface area (Å²) in [5.74, 6) is -2.01. The molecule has 1 saturated heterocycles. The Hall–Kier alpha value is -3.16. The highest BCUT2D eigenvalue weighted by Crippen LogP contribution is 2.52. The summed E-state index contributed by atoms with van der Waals surface area (Å²) in [6, 6.07) is 20.9. The van der Waals surface area contributed by atoms with Crippen LogP contribution in [0, 0.1) is 0 Å². The van der Waals surface area contributed by atoms with Crippen LogP contribution in [-0.4, -0.2) is 26.0 Å². The quantitative estimate of drug-likeness (QED) is 0.564. The van der Waals surface area contributed by atoms with Gasteiger partial charge in [-0.3, -0.25) is 14.5 Å². The van der Waals surface area contributed by atoms with Crippen molar-refractivity contribution in [3.05, 3.63) is 94.5 Å². The van der Waals surface area contributed by atoms with Gasteiger partial charge in [0.1, 0.15) is 5.75 Å². The number of hydrogen-bond donors (Lipinski definition) is 0. The fourth-order valence-corrected chi connectivity index (χ4v) is 6.99. The first-order chi connectivity index (χ1) is 15.8. The van der Waals surface area contributed by atoms with Crippen LogP contribution in [0.1, 0.15) is 23.6 Å². The monoisotopic (exact) mass is 480 g/mol. The van der Waals surface area contributed by atoms with Gasteiger partial charge in [0, 0.05) is 16.3 Å². The van der Waals surface area contributed by atoms with Gasteiger partial charge in [0.15, 0.2) is 9.84 Å². The first-order valence-corrected chi connectivity index (χ1v) is 12.6. The molecule has 0 aliphatic carbocycles. The van der Waals surface area contributed by atoms with Crippen molar-refractivity contribution in [3.8, 4) is 0 Å². The van der Waals surface area contributed by atoms with Crippen molar-refractivity contribution in [1.29, 1.82) is 0 Å². The second-order valence-electron chi connectivity index (χ2n) is 8.19. The molecule has 0 aromatic heterocycles. The number of aryl methyl sites for hydroxylation is 1. The SMILES string of the molecule is CCc1ccc(N2C(=O)CS(=O)(=O)[C@]23C(=O)N(Cc2cccc(Cl)c2)c2ccccc23)cc1. The molecule has 3 aromatic rings. The Bertz CT molecular complexity index is 1390. The van der Waals surface area contributed by atoms with Crippen LogP contribution >= 0.6 is 11.6 Å². The highest BCUT2D eigenvalue weighted by atomic mass is 35.5. The number of rotatable bonds is 4. The molecule has 5 rings (SSSR count). The lowest BCUT2D eigenvalue weighted by molar-refractivity contribution is -0.123. The van der Waals surface area contributed by atoms with Gasteiger partial charge in [0.25, 0.3) is 10.8 Å². The minimum atomic E-state index is -4.19. The van der Waals surface area contributed by atoms with Crippen molar-refractivity contribution in [1.82, 2.24) is 0 Å². The largest absolute Gasteiger partial charge is 0.304 e. The van der Waals surface area contributed by atoms with Crippen LogP contribution in [0.25, 0.3) is 0 Å². The number of amides is 2. The van der Waals surface area contributed by atoms with Gasteiger partial charge in [-0.1, -0.05) is 61.0 Å². The fraction of sp³-hybridized carbons (Fsp3) is 0.200. The Morgan fingerprint density at radius 3 is 2.36 bits per heavy atom. The van der Waals surface area contributed by atoms with Crippen molar-refractivity contribution < 1.29 is 18.0 Å². The number of anilines is 2. The van der Waals surface area contributed by atoms with Crippen molar-refractivity contribution >= 4 is 44.6 Å². The normalized spacial score (nSPS) is 21.2. The number of carbonyl (C=O) groups excluding carboxylic acids is 2. The minimum Gasteiger partial charge on any atom is -0.304 e. The molecule has 1 spiro atoms. The summed E-state index contributed by atoms with van der Waals surface area (Å²) < 4.78 is 27.2. The van der Waals surface area contributed by atoms with Gasteiger partial charge >= 0.3 is 0 Å². The molecule has 6 nitrogen and oxygen atoms in total. The summed E-state index contributed by atoms with van der Waals surface area (Å²) in [5, 5.41) is 0.517. The van der Waals surface area contributed by atoms with E-state index in [-0.39, 0.29) is 6.54 Å². The van der Waals surface area contributed by atoms with Crippen LogP contribution in [0.2, 0.25) is 5.02 Å². The number of benzene rings is 3. The van der Waals surface area contributed by atoms with Gasteiger partial charge in [-0.15, -0.1) is 0 Å². The van der Waals surface area contributed by atoms with Crippen molar-refractivity contribution in [2.75, 3.05) is 15.6 Å². The number of carbonyl (C=O) groups is 2. The van der Waals surface area contributed by atoms with Gasteiger partial charge in [-0.2, -0.15) is 0 Å². The first kappa shape index (κ1) is 21.7. The maximum absolute atomic E-state index is 14.1. The van der Waals surface area contributed by atoms with E-state index in [0.717, 1.165) is 17.5 Å². The highest BCUT2D eigenvalue weighted by molar-refractivity contribution is 7.94. The van der Waals surface area contributed by atoms with Gasteiger partial charge in [0.05, 0.1) is 12.2 Å². The molecular formula is C25H21ClN2O4S. The average Bonchev–Trinajstić information content (AvgIpc) is 3.17. The predicted octanol–water partition coefficient (Wildman–Crippen LogP) is 4.06. The lowest BCUT2D eigenvalue weighted by atomic mass is 10.0. The van der Waals surface area contributed by atoms with Crippen LogP contribution in [0.4, 0.5) is 11.4 Å². The van der Waals surface area contributed by atoms with Gasteiger partial charge in [-0.05, 0) is 47.9 Å². The molecule has 0 bridgehead atoms. The molecule has 2 heterocycles. The number of para-hydroxylation sites is 1. The van der Waals surface area contributed by atoms with E-state index in [0.29, 0.717) is 22.0 Å². The molecule has 0 unspecified atom stereocenters. The molecule has 3 aromatic carbocycles. The van der Waals surface area contributed by atoms with Crippen LogP contribution in [0.15, 0.2) is 72.8 Å². The van der Waals surface area contributed by atoms with Crippen LogP contribution < -0.4 is 9.80 Å².